The second-order valence-corrected chi connectivity index (χ2v) is 15.3. The van der Waals surface area contributed by atoms with Gasteiger partial charge in [0.05, 0.1) is 5.69 Å². The van der Waals surface area contributed by atoms with Crippen molar-refractivity contribution in [2.24, 2.45) is 4.99 Å². The second-order valence-electron chi connectivity index (χ2n) is 15.3. The molecule has 4 nitrogen and oxygen atoms in total. The molecule has 0 aliphatic carbocycles. The van der Waals surface area contributed by atoms with Gasteiger partial charge in [0.2, 0.25) is 6.08 Å². The van der Waals surface area contributed by atoms with Crippen molar-refractivity contribution >= 4 is 17.7 Å². The number of isocyanates is 1. The summed E-state index contributed by atoms with van der Waals surface area (Å²) in [6, 6.07) is -0.706. The Labute approximate surface area is 392 Å². The van der Waals surface area contributed by atoms with Gasteiger partial charge in [-0.2, -0.15) is 185 Å². The van der Waals surface area contributed by atoms with Crippen LogP contribution >= 0.6 is 0 Å². The Morgan fingerprint density at radius 1 is 0.403 bits per heavy atom. The summed E-state index contributed by atoms with van der Waals surface area (Å²) in [5.74, 6) is -191. The summed E-state index contributed by atoms with van der Waals surface area (Å²) in [5, 5.41) is 1.15. The Balaban J connectivity index is 4.02. The van der Waals surface area contributed by atoms with Gasteiger partial charge in [0.15, 0.2) is 0 Å². The zero-order valence-electron chi connectivity index (χ0n) is 34.8. The van der Waals surface area contributed by atoms with Crippen molar-refractivity contribution in [1.29, 1.82) is 0 Å². The van der Waals surface area contributed by atoms with Gasteiger partial charge in [0.1, 0.15) is 0 Å². The molecule has 0 aromatic heterocycles. The number of benzene rings is 1. The van der Waals surface area contributed by atoms with Crippen molar-refractivity contribution in [1.82, 2.24) is 5.32 Å². The van der Waals surface area contributed by atoms with Gasteiger partial charge in [0, 0.05) is 18.0 Å². The SMILES string of the molecule is Cc1c(N=C=O)cccc1C(=O)NC(C)CC(F)(F)C(F)(F)C(F)(F)C(F)(F)C(F)(F)C(F)(F)C(F)(F)C(F)(F)C(F)(F)C(F)(F)C(F)(F)C(F)(F)C(F)(F)C(F)(F)C(F)(F)C(F)(F)C(F)(F)C(F)(F)C(F)(F)C(F)(F)F. The van der Waals surface area contributed by atoms with E-state index in [4.69, 9.17) is 0 Å². The smallest absolute Gasteiger partial charge is 0.349 e. The number of hydrogen-bond acceptors (Lipinski definition) is 3. The first kappa shape index (κ1) is 70.2. The first-order chi connectivity index (χ1) is 33.0. The monoisotopic (exact) mass is 1240 g/mol. The van der Waals surface area contributed by atoms with Crippen molar-refractivity contribution < 1.29 is 190 Å². The van der Waals surface area contributed by atoms with Crippen LogP contribution < -0.4 is 5.32 Å². The average Bonchev–Trinajstić information content (AvgIpc) is 3.22. The minimum absolute atomic E-state index is 0.0505. The maximum atomic E-state index is 14.5. The van der Waals surface area contributed by atoms with E-state index in [0.717, 1.165) is 30.5 Å². The normalized spacial score (nSPS) is 16.6. The van der Waals surface area contributed by atoms with Crippen LogP contribution in [0.2, 0.25) is 0 Å². The van der Waals surface area contributed by atoms with Crippen LogP contribution in [0.1, 0.15) is 29.3 Å². The number of nitrogens with zero attached hydrogens (tertiary/aromatic N) is 1. The van der Waals surface area contributed by atoms with Gasteiger partial charge in [-0.25, -0.2) is 4.79 Å². The third-order valence-corrected chi connectivity index (χ3v) is 10.2. The van der Waals surface area contributed by atoms with Crippen LogP contribution in [0.5, 0.6) is 0 Å². The molecule has 1 unspecified atom stereocenters. The zero-order chi connectivity index (χ0) is 62.8. The van der Waals surface area contributed by atoms with E-state index in [1.165, 1.54) is 0 Å². The quantitative estimate of drug-likeness (QED) is 0.0674. The van der Waals surface area contributed by atoms with Gasteiger partial charge < -0.3 is 5.32 Å². The molecule has 1 aromatic carbocycles. The Morgan fingerprint density at radius 3 is 0.844 bits per heavy atom. The number of aliphatic imine (C=N–C) groups is 1. The number of hydrogen-bond donors (Lipinski definition) is 1. The van der Waals surface area contributed by atoms with Crippen LogP contribution in [0, 0.1) is 6.92 Å². The topological polar surface area (TPSA) is 58.5 Å². The third kappa shape index (κ3) is 8.86. The van der Waals surface area contributed by atoms with Crippen LogP contribution in [0.3, 0.4) is 0 Å². The number of amides is 1. The molecule has 1 atom stereocenters. The molecule has 0 saturated heterocycles. The fraction of sp³-hybridized carbons (Fsp3) is 0.750. The molecular weight excluding hydrogens is 1220 g/mol. The lowest BCUT2D eigenvalue weighted by molar-refractivity contribution is -0.495. The largest absolute Gasteiger partial charge is 0.460 e. The summed E-state index contributed by atoms with van der Waals surface area (Å²) in [4.78, 5) is 25.8. The average molecular weight is 1240 g/mol. The van der Waals surface area contributed by atoms with E-state index in [0.29, 0.717) is 6.07 Å². The number of nitrogens with one attached hydrogen (secondary N) is 1. The molecule has 45 heteroatoms. The van der Waals surface area contributed by atoms with Crippen LogP contribution in [0.25, 0.3) is 0 Å². The molecule has 0 aliphatic rings. The van der Waals surface area contributed by atoms with Crippen molar-refractivity contribution in [3.05, 3.63) is 29.3 Å². The minimum atomic E-state index is -10.7. The summed E-state index contributed by atoms with van der Waals surface area (Å²) < 4.78 is 572. The van der Waals surface area contributed by atoms with E-state index in [2.05, 4.69) is 4.99 Å². The molecule has 1 aromatic rings. The number of halogens is 41. The summed E-state index contributed by atoms with van der Waals surface area (Å²) in [5.41, 5.74) is -1.88. The summed E-state index contributed by atoms with van der Waals surface area (Å²) >= 11 is 0. The van der Waals surface area contributed by atoms with Crippen molar-refractivity contribution in [3.63, 3.8) is 0 Å². The standard InChI is InChI=1S/C32H13F41N2O2/c1-8(75-12(77)10-4-3-5-11(9(10)2)74-7-76)6-13(33,34)14(35,36)15(37,38)16(39,40)17(41,42)18(43,44)19(45,46)20(47,48)21(49,50)22(51,52)23(53,54)24(55,56)25(57,58)26(59,60)27(61,62)28(63,64)29(65,66)30(67,68)31(69,70)32(71,72)73/h3-5,8H,6H2,1-2H3,(H,75,77). The van der Waals surface area contributed by atoms with Gasteiger partial charge >= 0.3 is 119 Å². The molecule has 0 spiro atoms. The van der Waals surface area contributed by atoms with Crippen LogP contribution in [0.15, 0.2) is 23.2 Å². The fourth-order valence-corrected chi connectivity index (χ4v) is 5.47. The molecular formula is C32H13F41N2O2. The van der Waals surface area contributed by atoms with Gasteiger partial charge in [-0.3, -0.25) is 4.79 Å². The molecule has 0 heterocycles. The van der Waals surface area contributed by atoms with E-state index in [9.17, 15) is 190 Å². The predicted molar refractivity (Wildman–Crippen MR) is 161 cm³/mol. The minimum Gasteiger partial charge on any atom is -0.349 e. The second kappa shape index (κ2) is 18.6. The molecule has 1 amide bonds. The number of carbonyl (C=O) groups is 1. The summed E-state index contributed by atoms with van der Waals surface area (Å²) in [6.07, 6.45) is -11.1. The highest BCUT2D eigenvalue weighted by atomic mass is 19.4. The lowest BCUT2D eigenvalue weighted by Crippen LogP contribution is -2.80. The fourth-order valence-electron chi connectivity index (χ4n) is 5.47. The molecule has 0 radical (unpaired) electrons. The molecule has 0 bridgehead atoms. The molecule has 0 fully saturated rings. The lowest BCUT2D eigenvalue weighted by Gasteiger charge is -2.47. The number of rotatable bonds is 23. The molecule has 0 aliphatic heterocycles. The Hall–Kier alpha value is -4.80. The molecule has 1 N–H and O–H groups in total. The third-order valence-electron chi connectivity index (χ3n) is 10.2. The summed E-state index contributed by atoms with van der Waals surface area (Å²) in [6.45, 7) is 0.791. The van der Waals surface area contributed by atoms with E-state index in [1.54, 1.807) is 0 Å². The van der Waals surface area contributed by atoms with E-state index in [1.807, 2.05) is 0 Å². The maximum absolute atomic E-state index is 14.5. The van der Waals surface area contributed by atoms with Crippen LogP contribution in [0.4, 0.5) is 186 Å². The zero-order valence-corrected chi connectivity index (χ0v) is 34.8. The van der Waals surface area contributed by atoms with Gasteiger partial charge in [-0.15, -0.1) is 0 Å². The summed E-state index contributed by atoms with van der Waals surface area (Å²) in [7, 11) is 0. The van der Waals surface area contributed by atoms with Gasteiger partial charge in [0.25, 0.3) is 5.91 Å². The molecule has 77 heavy (non-hydrogen) atoms. The lowest BCUT2D eigenvalue weighted by atomic mass is 9.81. The van der Waals surface area contributed by atoms with Crippen molar-refractivity contribution in [3.8, 4) is 0 Å². The predicted octanol–water partition coefficient (Wildman–Crippen LogP) is 15.1. The molecule has 0 saturated carbocycles. The van der Waals surface area contributed by atoms with E-state index in [-0.39, 0.29) is 6.92 Å². The highest BCUT2D eigenvalue weighted by Gasteiger charge is 3.03. The first-order valence-electron chi connectivity index (χ1n) is 17.7. The maximum Gasteiger partial charge on any atom is 0.460 e. The van der Waals surface area contributed by atoms with Crippen LogP contribution in [-0.4, -0.2) is 137 Å². The number of carbonyl (C=O) groups excluding carboxylic acids is 2. The van der Waals surface area contributed by atoms with E-state index >= 15 is 0 Å². The highest BCUT2D eigenvalue weighted by Crippen LogP contribution is 2.71. The first-order valence-corrected chi connectivity index (χ1v) is 17.7. The van der Waals surface area contributed by atoms with Crippen molar-refractivity contribution in [2.75, 3.05) is 0 Å². The Morgan fingerprint density at radius 2 is 0.623 bits per heavy atom. The van der Waals surface area contributed by atoms with Gasteiger partial charge in [-0.1, -0.05) is 6.07 Å². The van der Waals surface area contributed by atoms with Gasteiger partial charge in [-0.05, 0) is 31.5 Å². The molecule has 1 rings (SSSR count). The highest BCUT2D eigenvalue weighted by molar-refractivity contribution is 5.97. The van der Waals surface area contributed by atoms with E-state index < -0.39 is 154 Å². The Kier molecular flexibility index (Phi) is 17.0. The van der Waals surface area contributed by atoms with Crippen LogP contribution in [-0.2, 0) is 4.79 Å². The Bertz CT molecular complexity index is 2390. The number of alkyl halides is 41. The molecule has 450 valence electrons. The van der Waals surface area contributed by atoms with Crippen molar-refractivity contribution in [2.45, 2.75) is 145 Å².